The second kappa shape index (κ2) is 52.2. The second-order valence-electron chi connectivity index (χ2n) is 35.9. The predicted molar refractivity (Wildman–Crippen MR) is 546 cm³/mol. The summed E-state index contributed by atoms with van der Waals surface area (Å²) in [6.07, 6.45) is 42.0. The summed E-state index contributed by atoms with van der Waals surface area (Å²) in [5.41, 5.74) is 27.4. The van der Waals surface area contributed by atoms with E-state index < -0.39 is 47.1 Å². The number of nitrogens with zero attached hydrogens (tertiary/aromatic N) is 14. The van der Waals surface area contributed by atoms with Crippen LogP contribution in [0.25, 0.3) is 16.9 Å². The van der Waals surface area contributed by atoms with Crippen molar-refractivity contribution in [3.63, 3.8) is 0 Å². The third-order valence-electron chi connectivity index (χ3n) is 24.1. The normalized spacial score (nSPS) is 17.5. The number of esters is 3. The molecule has 23 rings (SSSR count). The van der Waals surface area contributed by atoms with Crippen LogP contribution in [0.2, 0.25) is 15.9 Å². The van der Waals surface area contributed by atoms with Crippen molar-refractivity contribution >= 4 is 173 Å². The maximum atomic E-state index is 11.7. The van der Waals surface area contributed by atoms with Gasteiger partial charge in [0, 0.05) is 102 Å². The molecule has 11 fully saturated rings. The number of unbranched alkanes of at least 4 members (excludes halogenated alkanes) is 1. The molecule has 6 aliphatic heterocycles. The molecule has 5 saturated carbocycles. The number of nitrogen functional groups attached to an aromatic ring is 3. The monoisotopic (exact) mass is 2190 g/mol. The number of anilines is 3. The van der Waals surface area contributed by atoms with Gasteiger partial charge in [0.2, 0.25) is 4.38 Å². The first-order valence-electron chi connectivity index (χ1n) is 46.1. The molecule has 11 aliphatic rings. The molecule has 18 heterocycles. The molecule has 12 aromatic rings. The molecule has 0 atom stereocenters. The maximum absolute atomic E-state index is 11.7. The van der Waals surface area contributed by atoms with Crippen LogP contribution < -0.4 is 36.1 Å². The molecule has 0 spiro atoms. The van der Waals surface area contributed by atoms with Crippen LogP contribution in [0, 0.1) is 6.92 Å². The van der Waals surface area contributed by atoms with Gasteiger partial charge >= 0.3 is 43.9 Å². The molecule has 49 heteroatoms. The van der Waals surface area contributed by atoms with Crippen molar-refractivity contribution < 1.29 is 121 Å². The van der Waals surface area contributed by atoms with Crippen LogP contribution in [0.4, 0.5) is 17.5 Å². The van der Waals surface area contributed by atoms with Crippen LogP contribution in [0.5, 0.6) is 0 Å². The number of nitrogens with two attached hydrogens (primary N) is 3. The smallest absolute Gasteiger partial charge is 0.465 e. The van der Waals surface area contributed by atoms with Gasteiger partial charge in [0.1, 0.15) is 70.0 Å². The van der Waals surface area contributed by atoms with Crippen LogP contribution in [-0.4, -0.2) is 263 Å². The molecule has 0 aromatic carbocycles. The first-order chi connectivity index (χ1) is 69.0. The third kappa shape index (κ3) is 30.7. The van der Waals surface area contributed by atoms with Gasteiger partial charge in [0.15, 0.2) is 17.2 Å². The van der Waals surface area contributed by atoms with Gasteiger partial charge in [-0.3, -0.25) is 24.1 Å². The van der Waals surface area contributed by atoms with Gasteiger partial charge in [-0.15, -0.1) is 34.8 Å². The van der Waals surface area contributed by atoms with Crippen molar-refractivity contribution in [3.05, 3.63) is 235 Å². The van der Waals surface area contributed by atoms with Crippen molar-refractivity contribution in [2.45, 2.75) is 160 Å². The summed E-state index contributed by atoms with van der Waals surface area (Å²) in [5, 5.41) is 73.5. The molecule has 5 aliphatic carbocycles. The van der Waals surface area contributed by atoms with Gasteiger partial charge in [-0.1, -0.05) is 61.1 Å². The van der Waals surface area contributed by atoms with Gasteiger partial charge < -0.3 is 115 Å². The van der Waals surface area contributed by atoms with Crippen molar-refractivity contribution in [3.8, 4) is 0 Å². The Morgan fingerprint density at radius 1 is 0.524 bits per heavy atom. The number of pyridine rings is 6. The fourth-order valence-corrected chi connectivity index (χ4v) is 16.4. The average molecular weight is 2200 g/mol. The first kappa shape index (κ1) is 114. The van der Waals surface area contributed by atoms with Gasteiger partial charge in [0.05, 0.1) is 185 Å². The molecule has 0 radical (unpaired) electrons. The number of hydrogen-bond donors (Lipinski definition) is 10. The summed E-state index contributed by atoms with van der Waals surface area (Å²) >= 11 is 37.1. The summed E-state index contributed by atoms with van der Waals surface area (Å²) in [6, 6.07) is 11.7. The number of ether oxygens (including phenoxy) is 10. The number of imidazole rings is 3. The van der Waals surface area contributed by atoms with E-state index in [1.165, 1.54) is 150 Å². The number of aromatic nitrogens is 15. The summed E-state index contributed by atoms with van der Waals surface area (Å²) in [5.74, 6) is 3.13. The van der Waals surface area contributed by atoms with Crippen molar-refractivity contribution in [2.24, 2.45) is 0 Å². The van der Waals surface area contributed by atoms with E-state index in [1.807, 2.05) is 45.9 Å². The largest absolute Gasteiger partial charge is 1.00 e. The van der Waals surface area contributed by atoms with Crippen LogP contribution in [0.3, 0.4) is 0 Å². The van der Waals surface area contributed by atoms with E-state index in [4.69, 9.17) is 145 Å². The van der Waals surface area contributed by atoms with E-state index in [0.717, 1.165) is 80.0 Å². The summed E-state index contributed by atoms with van der Waals surface area (Å²) in [7, 11) is 2.99. The average Bonchev–Trinajstić information content (AvgIpc) is 1.65. The zero-order chi connectivity index (χ0) is 103. The molecule has 0 bridgehead atoms. The number of thiocarbonyl (C=S) groups is 1. The van der Waals surface area contributed by atoms with Gasteiger partial charge in [-0.25, -0.2) is 44.3 Å². The fraction of sp³-hybridized carbons (Fsp3) is 0.458. The van der Waals surface area contributed by atoms with Crippen molar-refractivity contribution in [1.29, 1.82) is 0 Å². The standard InChI is InChI=1S/C21H22N4O4S2.C19H20N4O4.C14H15ClN2O2.C11H14N2O2.C8H9ClN2O2.C5H4BrClN2.C5H6N2O2.C4H9.C3H7BO2.C3H4Cl2O.C3H4O2.Li/c1-27-19(26)15-6-22-25(8-15)10-16-9-24-7-14(13-3-4-13)5-17(18(24)23-16)21(11-28-12-21)29-20(30)31-2;1-26-18(24)14-5-20-23(7-14)9-15-8-22-6-13(12-2-3-12)4-16(17(22)21-15)19(25)10-27-11-19;15-4-11-6-17-5-10(9-1-2-9)3-12(13(17)16-11)14(18)7-19-8-14;12-10-9(11(14)5-15-6-11)3-8(4-13-10)7-1-2-7;9-5-1-6(7(10)11-2-5)8(12)3-13-4-8;6-4-1-3(7)2-9-5(4)8;1-9-5(8)4-2-6-7-3-4;1-3-4-2;5-4(6)3-1-2-3;4-1-3(6)2-5;4-3-1-5-2-3;/h5-9,13H,3-4,10-12H2,1-2H3;4-8,12,25H,2-3,9-11H2,1H3;3,5-6,9,18H,1-2,4,7-8H2;3-4,7,14H,1-2,5-6H2,(H2,12,13);1-2,12H,3-4H2,(H2,10,11);1-2H,(H2,8,9);2-3H,1H3,(H,6,7);1,3-4H2,2H3;3,5-6H,1-2H2;1-2H2;1-2H2;/q;;;;;;;-1;;;;+1. The Morgan fingerprint density at radius 3 is 1.22 bits per heavy atom. The van der Waals surface area contributed by atoms with E-state index >= 15 is 0 Å². The van der Waals surface area contributed by atoms with E-state index in [-0.39, 0.29) is 67.2 Å². The quantitative estimate of drug-likeness (QED) is 0.00754. The van der Waals surface area contributed by atoms with Crippen LogP contribution in [0.1, 0.15) is 206 Å². The van der Waals surface area contributed by atoms with Crippen molar-refractivity contribution in [2.75, 3.05) is 136 Å². The minimum atomic E-state index is -1.04. The topological polar surface area (TPSA) is 532 Å². The number of fused-ring (bicyclic) bond motifs is 3. The number of H-pyrrole nitrogens is 1. The molecule has 145 heavy (non-hydrogen) atoms. The van der Waals surface area contributed by atoms with Gasteiger partial charge in [0.25, 0.3) is 0 Å². The minimum Gasteiger partial charge on any atom is -0.465 e. The van der Waals surface area contributed by atoms with Gasteiger partial charge in [-0.2, -0.15) is 21.7 Å². The van der Waals surface area contributed by atoms with Gasteiger partial charge in [-0.05, 0) is 174 Å². The SMILES string of the molecule is COC(=O)c1cn[nH]c1.COC(=O)c1cnn(Cc2cn3cc(C4CC4)cc(C4(O)COC4)c3n2)c1.COC(=O)c1cnn(Cc2cn3cc(C4CC4)cc(C4(OC(=S)SC)COC4)c3n2)c1.Nc1ncc(C2CC2)cc1C1(O)COC1.Nc1ncc(Cl)cc1Br.Nc1ncc(Cl)cc1C1(O)COC1.O=C(CCl)CCl.O=C1COC1.OB(O)C1CC1.OC1(c2cc(C3CC3)cn3cc(CCl)nc23)COC1.[CH2-]CCC.[Li+]. The van der Waals surface area contributed by atoms with E-state index in [0.29, 0.717) is 163 Å². The number of Topliss-reactive ketones (excluding diaryl/α,β-unsaturated/α-hetero) is 2. The Balaban J connectivity index is 0.000000150. The number of nitrogens with one attached hydrogen (secondary N) is 1. The van der Waals surface area contributed by atoms with E-state index in [1.54, 1.807) is 33.9 Å². The third-order valence-corrected chi connectivity index (χ3v) is 27.0. The van der Waals surface area contributed by atoms with Crippen molar-refractivity contribution in [1.82, 2.24) is 72.9 Å². The molecule has 13 N–H and O–H groups in total. The zero-order valence-corrected chi connectivity index (χ0v) is 87.7. The summed E-state index contributed by atoms with van der Waals surface area (Å²) < 4.78 is 61.1. The predicted octanol–water partition coefficient (Wildman–Crippen LogP) is 9.20. The first-order valence-corrected chi connectivity index (χ1v) is 50.9. The number of halogens is 6. The van der Waals surface area contributed by atoms with Crippen LogP contribution in [0.15, 0.2) is 134 Å². The Bertz CT molecular complexity index is 6410. The Labute approximate surface area is 891 Å². The maximum Gasteiger partial charge on any atom is 1.00 e. The van der Waals surface area contributed by atoms with E-state index in [2.05, 4.69) is 121 Å². The molecular weight excluding hydrogens is 2080 g/mol. The number of thioether (sulfide) groups is 1. The van der Waals surface area contributed by atoms with Crippen LogP contribution >= 0.6 is 97.9 Å². The molecule has 772 valence electrons. The molecular formula is C96H114BBrCl5LiN18O21S2. The number of methoxy groups -OCH3 is 3. The number of carbonyl (C=O) groups is 5. The molecule has 6 saturated heterocycles. The van der Waals surface area contributed by atoms with Crippen LogP contribution in [-0.2, 0) is 104 Å². The van der Waals surface area contributed by atoms with E-state index in [9.17, 15) is 44.4 Å². The molecule has 0 amide bonds. The Hall–Kier alpha value is -9.35. The number of alkyl halides is 3. The number of aromatic amines is 1. The number of rotatable bonds is 22. The molecule has 0 unspecified atom stereocenters. The Morgan fingerprint density at radius 2 is 0.897 bits per heavy atom. The summed E-state index contributed by atoms with van der Waals surface area (Å²) in [4.78, 5) is 79.5. The molecule has 12 aromatic heterocycles. The number of aliphatic hydroxyl groups is 4. The second-order valence-corrected chi connectivity index (χ2v) is 39.8. The zero-order valence-electron chi connectivity index (χ0n) is 80.7. The fourth-order valence-electron chi connectivity index (χ4n) is 14.8. The number of carbonyl (C=O) groups excluding carboxylic acids is 5. The summed E-state index contributed by atoms with van der Waals surface area (Å²) in [6.45, 7) is 10.6. The minimum absolute atomic E-state index is 0. The molecule has 39 nitrogen and oxygen atoms in total. The number of hydrogen-bond acceptors (Lipinski definition) is 35. The number of ketones is 2. The Kier molecular flexibility index (Phi) is 41.2.